The van der Waals surface area contributed by atoms with E-state index in [1.807, 2.05) is 0 Å². The second-order valence-corrected chi connectivity index (χ2v) is 8.51. The highest BCUT2D eigenvalue weighted by molar-refractivity contribution is 6.62. The molecule has 3 aliphatic rings. The summed E-state index contributed by atoms with van der Waals surface area (Å²) in [6, 6.07) is 10.0. The van der Waals surface area contributed by atoms with Crippen molar-refractivity contribution < 1.29 is 9.31 Å². The normalized spacial score (nSPS) is 31.0. The lowest BCUT2D eigenvalue weighted by molar-refractivity contribution is 0.00578. The second kappa shape index (κ2) is 5.72. The SMILES string of the molecule is CC1(C)OB(c2ccc(C3=CC4CCCC(C3)N4)cc2)OC1(C)C. The van der Waals surface area contributed by atoms with Gasteiger partial charge < -0.3 is 14.6 Å². The van der Waals surface area contributed by atoms with E-state index in [1.54, 1.807) is 0 Å². The van der Waals surface area contributed by atoms with E-state index in [2.05, 4.69) is 63.4 Å². The molecule has 0 spiro atoms. The van der Waals surface area contributed by atoms with E-state index in [-0.39, 0.29) is 18.3 Å². The Kier molecular flexibility index (Phi) is 3.90. The van der Waals surface area contributed by atoms with Crippen molar-refractivity contribution in [2.24, 2.45) is 0 Å². The van der Waals surface area contributed by atoms with Crippen molar-refractivity contribution in [1.82, 2.24) is 5.32 Å². The van der Waals surface area contributed by atoms with E-state index in [1.165, 1.54) is 30.4 Å². The third-order valence-corrected chi connectivity index (χ3v) is 6.19. The third kappa shape index (κ3) is 2.85. The molecule has 3 heterocycles. The van der Waals surface area contributed by atoms with Crippen LogP contribution in [0.4, 0.5) is 0 Å². The average Bonchev–Trinajstić information content (AvgIpc) is 2.75. The van der Waals surface area contributed by atoms with Gasteiger partial charge in [0.1, 0.15) is 0 Å². The topological polar surface area (TPSA) is 30.5 Å². The molecule has 0 radical (unpaired) electrons. The van der Waals surface area contributed by atoms with Crippen molar-refractivity contribution in [1.29, 1.82) is 0 Å². The highest BCUT2D eigenvalue weighted by atomic mass is 16.7. The molecule has 2 unspecified atom stereocenters. The Labute approximate surface area is 146 Å². The minimum Gasteiger partial charge on any atom is -0.399 e. The Hall–Kier alpha value is -1.10. The molecule has 4 heteroatoms. The van der Waals surface area contributed by atoms with Gasteiger partial charge in [-0.3, -0.25) is 0 Å². The Morgan fingerprint density at radius 2 is 1.67 bits per heavy atom. The Morgan fingerprint density at radius 1 is 1.00 bits per heavy atom. The maximum Gasteiger partial charge on any atom is 0.494 e. The zero-order valence-electron chi connectivity index (χ0n) is 15.3. The van der Waals surface area contributed by atoms with Crippen LogP contribution in [0.1, 0.15) is 58.9 Å². The molecular weight excluding hydrogens is 297 g/mol. The zero-order valence-corrected chi connectivity index (χ0v) is 15.3. The first kappa shape index (κ1) is 16.4. The first-order valence-corrected chi connectivity index (χ1v) is 9.27. The monoisotopic (exact) mass is 325 g/mol. The molecule has 2 atom stereocenters. The van der Waals surface area contributed by atoms with E-state index in [0.29, 0.717) is 12.1 Å². The fourth-order valence-electron chi connectivity index (χ4n) is 3.97. The number of hydrogen-bond donors (Lipinski definition) is 1. The van der Waals surface area contributed by atoms with Crippen LogP contribution in [-0.4, -0.2) is 30.4 Å². The number of hydrogen-bond acceptors (Lipinski definition) is 3. The van der Waals surface area contributed by atoms with Gasteiger partial charge in [0, 0.05) is 12.1 Å². The lowest BCUT2D eigenvalue weighted by atomic mass is 9.78. The summed E-state index contributed by atoms with van der Waals surface area (Å²) in [7, 11) is -0.273. The summed E-state index contributed by atoms with van der Waals surface area (Å²) < 4.78 is 12.3. The van der Waals surface area contributed by atoms with Crippen LogP contribution in [0.5, 0.6) is 0 Å². The van der Waals surface area contributed by atoms with Gasteiger partial charge in [-0.05, 0) is 63.6 Å². The van der Waals surface area contributed by atoms with Crippen LogP contribution in [0.15, 0.2) is 30.3 Å². The minimum atomic E-state index is -0.286. The van der Waals surface area contributed by atoms with Gasteiger partial charge in [-0.15, -0.1) is 0 Å². The van der Waals surface area contributed by atoms with Crippen LogP contribution in [0.25, 0.3) is 5.57 Å². The summed E-state index contributed by atoms with van der Waals surface area (Å²) in [6.07, 6.45) is 7.50. The predicted molar refractivity (Wildman–Crippen MR) is 99.3 cm³/mol. The highest BCUT2D eigenvalue weighted by Crippen LogP contribution is 2.36. The fraction of sp³-hybridized carbons (Fsp3) is 0.600. The molecule has 2 bridgehead atoms. The molecule has 0 saturated carbocycles. The quantitative estimate of drug-likeness (QED) is 0.847. The summed E-state index contributed by atoms with van der Waals surface area (Å²) >= 11 is 0. The van der Waals surface area contributed by atoms with Gasteiger partial charge in [-0.25, -0.2) is 0 Å². The molecule has 0 aliphatic carbocycles. The van der Waals surface area contributed by atoms with Crippen molar-refractivity contribution in [3.05, 3.63) is 35.9 Å². The molecule has 4 rings (SSSR count). The van der Waals surface area contributed by atoms with Crippen LogP contribution in [0.3, 0.4) is 0 Å². The standard InChI is InChI=1S/C20H28BNO2/c1-19(2)20(3,4)24-21(23-19)16-10-8-14(9-11-16)15-12-17-6-5-7-18(13-15)22-17/h8-12,17-18,22H,5-7,13H2,1-4H3. The number of benzene rings is 1. The van der Waals surface area contributed by atoms with Crippen LogP contribution in [0.2, 0.25) is 0 Å². The van der Waals surface area contributed by atoms with Gasteiger partial charge in [0.2, 0.25) is 0 Å². The van der Waals surface area contributed by atoms with E-state index in [9.17, 15) is 0 Å². The molecule has 1 aromatic rings. The number of piperidine rings is 1. The molecule has 2 saturated heterocycles. The van der Waals surface area contributed by atoms with Gasteiger partial charge in [0.05, 0.1) is 11.2 Å². The lowest BCUT2D eigenvalue weighted by Crippen LogP contribution is -2.44. The third-order valence-electron chi connectivity index (χ3n) is 6.19. The van der Waals surface area contributed by atoms with E-state index >= 15 is 0 Å². The summed E-state index contributed by atoms with van der Waals surface area (Å²) in [6.45, 7) is 8.39. The van der Waals surface area contributed by atoms with Crippen molar-refractivity contribution in [3.63, 3.8) is 0 Å². The Morgan fingerprint density at radius 3 is 2.29 bits per heavy atom. The van der Waals surface area contributed by atoms with Crippen LogP contribution >= 0.6 is 0 Å². The van der Waals surface area contributed by atoms with Gasteiger partial charge in [-0.2, -0.15) is 0 Å². The molecule has 0 amide bonds. The molecular formula is C20H28BNO2. The zero-order chi connectivity index (χ0) is 16.9. The van der Waals surface area contributed by atoms with Gasteiger partial charge in [0.25, 0.3) is 0 Å². The molecule has 128 valence electrons. The molecule has 3 aliphatic heterocycles. The number of nitrogens with one attached hydrogen (secondary N) is 1. The number of rotatable bonds is 2. The predicted octanol–water partition coefficient (Wildman–Crippen LogP) is 3.28. The van der Waals surface area contributed by atoms with Crippen LogP contribution in [0, 0.1) is 0 Å². The Balaban J connectivity index is 1.53. The largest absolute Gasteiger partial charge is 0.494 e. The number of fused-ring (bicyclic) bond motifs is 2. The van der Waals surface area contributed by atoms with E-state index in [4.69, 9.17) is 9.31 Å². The van der Waals surface area contributed by atoms with Gasteiger partial charge in [-0.1, -0.05) is 36.8 Å². The van der Waals surface area contributed by atoms with E-state index in [0.717, 1.165) is 11.9 Å². The van der Waals surface area contributed by atoms with Crippen molar-refractivity contribution in [3.8, 4) is 0 Å². The first-order chi connectivity index (χ1) is 11.3. The fourth-order valence-corrected chi connectivity index (χ4v) is 3.97. The maximum atomic E-state index is 6.15. The van der Waals surface area contributed by atoms with Crippen molar-refractivity contribution >= 4 is 18.2 Å². The molecule has 1 aromatic carbocycles. The Bertz CT molecular complexity index is 634. The van der Waals surface area contributed by atoms with Crippen molar-refractivity contribution in [2.45, 2.75) is 76.7 Å². The lowest BCUT2D eigenvalue weighted by Gasteiger charge is -2.35. The average molecular weight is 325 g/mol. The summed E-state index contributed by atoms with van der Waals surface area (Å²) in [5.41, 5.74) is 3.36. The minimum absolute atomic E-state index is 0.273. The smallest absolute Gasteiger partial charge is 0.399 e. The van der Waals surface area contributed by atoms with Gasteiger partial charge >= 0.3 is 7.12 Å². The van der Waals surface area contributed by atoms with Crippen LogP contribution < -0.4 is 10.8 Å². The van der Waals surface area contributed by atoms with Crippen LogP contribution in [-0.2, 0) is 9.31 Å². The molecule has 3 nitrogen and oxygen atoms in total. The molecule has 0 aromatic heterocycles. The highest BCUT2D eigenvalue weighted by Gasteiger charge is 2.51. The first-order valence-electron chi connectivity index (χ1n) is 9.27. The molecule has 2 fully saturated rings. The summed E-state index contributed by atoms with van der Waals surface area (Å²) in [5, 5.41) is 3.71. The summed E-state index contributed by atoms with van der Waals surface area (Å²) in [5.74, 6) is 0. The second-order valence-electron chi connectivity index (χ2n) is 8.51. The van der Waals surface area contributed by atoms with Gasteiger partial charge in [0.15, 0.2) is 0 Å². The summed E-state index contributed by atoms with van der Waals surface area (Å²) in [4.78, 5) is 0. The molecule has 24 heavy (non-hydrogen) atoms. The molecule has 1 N–H and O–H groups in total. The maximum absolute atomic E-state index is 6.15. The van der Waals surface area contributed by atoms with Crippen molar-refractivity contribution in [2.75, 3.05) is 0 Å². The van der Waals surface area contributed by atoms with E-state index < -0.39 is 0 Å².